The Morgan fingerprint density at radius 3 is 1.41 bits per heavy atom. The number of carbonyl (C=O) groups excluding carboxylic acids is 4. The van der Waals surface area contributed by atoms with Crippen LogP contribution in [0.2, 0.25) is 0 Å². The van der Waals surface area contributed by atoms with Crippen LogP contribution in [0.1, 0.15) is 167 Å². The number of aliphatic hydroxyl groups is 2. The Hall–Kier alpha value is -13.2. The fraction of sp³-hybridized carbons (Fsp3) is 0.274. The van der Waals surface area contributed by atoms with E-state index >= 15 is 0 Å². The van der Waals surface area contributed by atoms with Gasteiger partial charge in [0.15, 0.2) is 9.84 Å². The molecule has 125 heavy (non-hydrogen) atoms. The number of nitrogen functional groups attached to an aromatic ring is 4. The van der Waals surface area contributed by atoms with Crippen molar-refractivity contribution in [2.24, 2.45) is 0 Å². The molecule has 9 heterocycles. The maximum absolute atomic E-state index is 14.9. The number of ether oxygens (including phenoxy) is 2. The van der Waals surface area contributed by atoms with E-state index < -0.39 is 57.1 Å². The van der Waals surface area contributed by atoms with Crippen molar-refractivity contribution in [3.8, 4) is 44.6 Å². The van der Waals surface area contributed by atoms with Crippen LogP contribution in [0.3, 0.4) is 0 Å². The molecule has 12 aromatic rings. The summed E-state index contributed by atoms with van der Waals surface area (Å²) in [4.78, 5) is 82.0. The van der Waals surface area contributed by atoms with Gasteiger partial charge in [0.2, 0.25) is 0 Å². The third-order valence-electron chi connectivity index (χ3n) is 22.5. The smallest absolute Gasteiger partial charge is 0.256 e. The number of anilines is 4. The first-order valence-electron chi connectivity index (χ1n) is 41.3. The zero-order valence-corrected chi connectivity index (χ0v) is 69.7. The molecule has 0 spiro atoms. The summed E-state index contributed by atoms with van der Waals surface area (Å²) in [7, 11) is -1.45. The van der Waals surface area contributed by atoms with Gasteiger partial charge in [-0.3, -0.25) is 19.2 Å². The van der Waals surface area contributed by atoms with Crippen molar-refractivity contribution in [1.29, 1.82) is 0 Å². The van der Waals surface area contributed by atoms with Crippen LogP contribution in [0.25, 0.3) is 44.6 Å². The van der Waals surface area contributed by atoms with Crippen LogP contribution in [0.5, 0.6) is 0 Å². The minimum atomic E-state index is -3.04. The Kier molecular flexibility index (Phi) is 30.6. The number of carbonyl (C=O) groups is 4. The summed E-state index contributed by atoms with van der Waals surface area (Å²) in [5.74, 6) is -0.898. The number of nitrogens with two attached hydrogens (primary N) is 4. The Morgan fingerprint density at radius 2 is 0.928 bits per heavy atom. The monoisotopic (exact) mass is 1710 g/mol. The van der Waals surface area contributed by atoms with Crippen molar-refractivity contribution in [3.63, 3.8) is 0 Å². The van der Waals surface area contributed by atoms with Gasteiger partial charge in [-0.05, 0) is 193 Å². The van der Waals surface area contributed by atoms with E-state index in [0.717, 1.165) is 123 Å². The van der Waals surface area contributed by atoms with Gasteiger partial charge in [-0.15, -0.1) is 0 Å². The first kappa shape index (κ1) is 89.5. The van der Waals surface area contributed by atoms with Gasteiger partial charge in [0.25, 0.3) is 23.6 Å². The molecule has 14 N–H and O–H groups in total. The van der Waals surface area contributed by atoms with Gasteiger partial charge >= 0.3 is 0 Å². The highest BCUT2D eigenvalue weighted by Gasteiger charge is 2.31. The molecule has 16 rings (SSSR count). The van der Waals surface area contributed by atoms with E-state index in [4.69, 9.17) is 37.4 Å². The second kappa shape index (κ2) is 42.7. The fourth-order valence-electron chi connectivity index (χ4n) is 15.4. The standard InChI is InChI=1S/C25H27FN4O2.C24H26N4O3.C23H24FN5O2.C23H22FN3O3S/c26-22-13-18(21-12-19(14-29-24(21)27)16-8-10-28-11-9-16)6-7-20(22)25(32)30-23(15-31)17-4-2-1-3-5-17;25-23-22(27-20(14-26-23)17-10-12-31-13-11-17)18-6-8-19(9-7-18)24(30)28-21(15-29)16-4-2-1-3-5-16;1-29(14-21-26-7-2-8-27-21)23(30)18-4-3-16(12-20(18)24)19-11-17(13-28-22(19)25)15-5-9-31-10-6-15;24-21-11-16(6-7-19(21)23(28)27-12-15-4-2-1-3-5-15)20-10-18(13-26-22(20)25)17-8-9-31(29,30)14-17/h1-7,12-14,16,23,28,31H,8-11,15H2,(H2,27,29)(H,30,32);1-9,14,17,21,29H,10-13,15H2,(H2,25,26)(H,28,30);2-4,7-8,11-13,15H,5-6,9-10,14H2,1H3,(H2,25,28);1-7,10-11,13,17H,8-9,12,14H2,(H2,25,26)(H,27,28)/t23-;21-;;/m11../s1. The average molecular weight is 1710 g/mol. The molecule has 26 nitrogen and oxygen atoms in total. The molecule has 4 aliphatic heterocycles. The number of nitrogens with zero attached hydrogens (tertiary/aromatic N) is 8. The molecule has 30 heteroatoms. The van der Waals surface area contributed by atoms with E-state index in [1.54, 1.807) is 98.8 Å². The van der Waals surface area contributed by atoms with Gasteiger partial charge in [0, 0.05) is 111 Å². The van der Waals surface area contributed by atoms with Gasteiger partial charge in [0.05, 0.1) is 71.9 Å². The number of aliphatic hydroxyl groups excluding tert-OH is 2. The summed E-state index contributed by atoms with van der Waals surface area (Å²) in [6.45, 7) is 4.83. The SMILES string of the molecule is CN(Cc1ncccn1)C(=O)c1ccc(-c2cc(C3CCOCC3)cnc2N)cc1F.Nc1ncc(C2CCNCC2)cc1-c1ccc(C(=O)N[C@H](CO)c2ccccc2)c(F)c1.Nc1ncc(C2CCOCC2)nc1-c1ccc(C(=O)N[C@H](CO)c2ccccc2)cc1.Nc1ncc(C2CCS(=O)(=O)C2)cc1-c1ccc(C(=O)NCc2ccccc2)c(F)c1. The maximum Gasteiger partial charge on any atom is 0.256 e. The van der Waals surface area contributed by atoms with E-state index in [1.807, 2.05) is 103 Å². The molecular formula is C95H99F3N16O10S. The number of rotatable bonds is 22. The van der Waals surface area contributed by atoms with Crippen molar-refractivity contribution in [1.82, 2.24) is 61.1 Å². The van der Waals surface area contributed by atoms with E-state index in [2.05, 4.69) is 51.2 Å². The summed E-state index contributed by atoms with van der Waals surface area (Å²) in [6, 6.07) is 54.4. The molecule has 7 aromatic carbocycles. The van der Waals surface area contributed by atoms with Crippen LogP contribution in [-0.4, -0.2) is 153 Å². The molecule has 0 saturated carbocycles. The van der Waals surface area contributed by atoms with Gasteiger partial charge < -0.3 is 68.8 Å². The summed E-state index contributed by atoms with van der Waals surface area (Å²) < 4.78 is 79.0. The van der Waals surface area contributed by atoms with Gasteiger partial charge in [-0.25, -0.2) is 56.5 Å². The highest BCUT2D eigenvalue weighted by molar-refractivity contribution is 7.91. The molecule has 4 fully saturated rings. The van der Waals surface area contributed by atoms with Crippen LogP contribution < -0.4 is 44.2 Å². The molecule has 0 aliphatic carbocycles. The largest absolute Gasteiger partial charge is 0.394 e. The number of piperidine rings is 1. The third kappa shape index (κ3) is 23.6. The van der Waals surface area contributed by atoms with Gasteiger partial charge in [0.1, 0.15) is 52.2 Å². The second-order valence-corrected chi connectivity index (χ2v) is 33.2. The number of hydrogen-bond donors (Lipinski definition) is 10. The van der Waals surface area contributed by atoms with E-state index in [1.165, 1.54) is 41.3 Å². The highest BCUT2D eigenvalue weighted by atomic mass is 32.2. The lowest BCUT2D eigenvalue weighted by Gasteiger charge is -2.23. The lowest BCUT2D eigenvalue weighted by molar-refractivity contribution is 0.0775. The lowest BCUT2D eigenvalue weighted by atomic mass is 9.89. The third-order valence-corrected chi connectivity index (χ3v) is 24.3. The molecule has 0 bridgehead atoms. The fourth-order valence-corrected chi connectivity index (χ4v) is 17.1. The number of hydrogen-bond acceptors (Lipinski definition) is 22. The van der Waals surface area contributed by atoms with Crippen molar-refractivity contribution < 1.29 is 60.5 Å². The molecular weight excluding hydrogens is 1610 g/mol. The number of nitrogens with one attached hydrogen (secondary N) is 4. The van der Waals surface area contributed by atoms with Gasteiger partial charge in [-0.2, -0.15) is 0 Å². The Labute approximate surface area is 722 Å². The molecule has 3 atom stereocenters. The number of benzene rings is 7. The number of halogens is 3. The van der Waals surface area contributed by atoms with Crippen LogP contribution >= 0.6 is 0 Å². The summed E-state index contributed by atoms with van der Waals surface area (Å²) >= 11 is 0. The summed E-state index contributed by atoms with van der Waals surface area (Å²) in [5, 5.41) is 31.0. The normalized spacial score (nSPS) is 15.6. The maximum atomic E-state index is 14.9. The first-order valence-corrected chi connectivity index (χ1v) is 43.1. The van der Waals surface area contributed by atoms with E-state index in [-0.39, 0.29) is 65.6 Å². The topological polar surface area (TPSA) is 407 Å². The Bertz CT molecular complexity index is 5830. The molecule has 5 aromatic heterocycles. The Balaban J connectivity index is 0.000000143. The summed E-state index contributed by atoms with van der Waals surface area (Å²) in [6.07, 6.45) is 16.4. The van der Waals surface area contributed by atoms with Crippen molar-refractivity contribution in [3.05, 3.63) is 316 Å². The molecule has 4 saturated heterocycles. The van der Waals surface area contributed by atoms with Crippen molar-refractivity contribution in [2.75, 3.05) is 94.2 Å². The molecule has 4 amide bonds. The highest BCUT2D eigenvalue weighted by Crippen LogP contribution is 2.38. The molecule has 4 aliphatic rings. The second-order valence-electron chi connectivity index (χ2n) is 30.9. The predicted molar refractivity (Wildman–Crippen MR) is 473 cm³/mol. The van der Waals surface area contributed by atoms with Crippen molar-refractivity contribution >= 4 is 56.7 Å². The van der Waals surface area contributed by atoms with E-state index in [9.17, 15) is 51.0 Å². The van der Waals surface area contributed by atoms with Gasteiger partial charge in [-0.1, -0.05) is 121 Å². The van der Waals surface area contributed by atoms with Crippen LogP contribution in [0, 0.1) is 17.5 Å². The number of aromatic nitrogens is 7. The zero-order valence-electron chi connectivity index (χ0n) is 68.9. The Morgan fingerprint density at radius 1 is 0.488 bits per heavy atom. The quantitative estimate of drug-likeness (QED) is 0.0301. The summed E-state index contributed by atoms with van der Waals surface area (Å²) in [5.41, 5.74) is 35.8. The minimum absolute atomic E-state index is 0.0192. The van der Waals surface area contributed by atoms with E-state index in [0.29, 0.717) is 98.6 Å². The minimum Gasteiger partial charge on any atom is -0.394 e. The number of amides is 4. The predicted octanol–water partition coefficient (Wildman–Crippen LogP) is 13.2. The lowest BCUT2D eigenvalue weighted by Crippen LogP contribution is -2.31. The van der Waals surface area contributed by atoms with Crippen molar-refractivity contribution in [2.45, 2.75) is 93.8 Å². The molecule has 1 unspecified atom stereocenters. The number of sulfone groups is 1. The van der Waals surface area contributed by atoms with Crippen LogP contribution in [-0.2, 0) is 32.4 Å². The van der Waals surface area contributed by atoms with Crippen LogP contribution in [0.15, 0.2) is 231 Å². The molecule has 646 valence electrons. The average Bonchev–Trinajstić information content (AvgIpc) is 1.44. The first-order chi connectivity index (χ1) is 60.6. The number of pyridine rings is 3. The zero-order chi connectivity index (χ0) is 87.9. The van der Waals surface area contributed by atoms with Crippen LogP contribution in [0.4, 0.5) is 36.4 Å². The molecule has 0 radical (unpaired) electrons.